The summed E-state index contributed by atoms with van der Waals surface area (Å²) >= 11 is 0. The van der Waals surface area contributed by atoms with Gasteiger partial charge in [0.15, 0.2) is 11.6 Å². The fourth-order valence-corrected chi connectivity index (χ4v) is 1.42. The number of carboxylic acids is 1. The van der Waals surface area contributed by atoms with Crippen LogP contribution in [0.25, 0.3) is 0 Å². The minimum absolute atomic E-state index is 0.00361. The molecule has 0 aromatic heterocycles. The highest BCUT2D eigenvalue weighted by Gasteiger charge is 2.24. The van der Waals surface area contributed by atoms with Crippen LogP contribution in [-0.2, 0) is 4.79 Å². The molecule has 1 aromatic rings. The minimum Gasteiger partial charge on any atom is -0.496 e. The topological polar surface area (TPSA) is 55.8 Å². The maximum Gasteiger partial charge on any atom is 0.310 e. The lowest BCUT2D eigenvalue weighted by Gasteiger charge is -2.15. The molecule has 5 heteroatoms. The van der Waals surface area contributed by atoms with Gasteiger partial charge >= 0.3 is 5.97 Å². The summed E-state index contributed by atoms with van der Waals surface area (Å²) in [6.45, 7) is 1.39. The van der Waals surface area contributed by atoms with E-state index in [0.717, 1.165) is 0 Å². The highest BCUT2D eigenvalue weighted by atomic mass is 19.1. The second kappa shape index (κ2) is 4.83. The van der Waals surface area contributed by atoms with Crippen LogP contribution >= 0.6 is 0 Å². The summed E-state index contributed by atoms with van der Waals surface area (Å²) in [6, 6.07) is 2.88. The molecule has 0 aliphatic carbocycles. The Bertz CT molecular complexity index is 403. The van der Waals surface area contributed by atoms with Crippen molar-refractivity contribution in [1.82, 2.24) is 0 Å². The lowest BCUT2D eigenvalue weighted by Crippen LogP contribution is -2.11. The average molecular weight is 228 g/mol. The molecule has 4 nitrogen and oxygen atoms in total. The van der Waals surface area contributed by atoms with E-state index in [4.69, 9.17) is 14.6 Å². The molecule has 0 saturated heterocycles. The van der Waals surface area contributed by atoms with Gasteiger partial charge in [-0.15, -0.1) is 0 Å². The molecule has 0 saturated carbocycles. The van der Waals surface area contributed by atoms with E-state index in [1.165, 1.54) is 33.3 Å². The monoisotopic (exact) mass is 228 g/mol. The number of hydrogen-bond donors (Lipinski definition) is 1. The van der Waals surface area contributed by atoms with Gasteiger partial charge < -0.3 is 14.6 Å². The SMILES string of the molecule is COc1ccc(OC)c(C(C)C(=O)O)c1F. The van der Waals surface area contributed by atoms with Gasteiger partial charge in [0.1, 0.15) is 5.75 Å². The third kappa shape index (κ3) is 2.08. The van der Waals surface area contributed by atoms with Crippen molar-refractivity contribution >= 4 is 5.97 Å². The van der Waals surface area contributed by atoms with E-state index in [-0.39, 0.29) is 17.1 Å². The van der Waals surface area contributed by atoms with E-state index >= 15 is 0 Å². The molecule has 0 amide bonds. The molecule has 0 bridgehead atoms. The molecule has 1 N–H and O–H groups in total. The first-order chi connectivity index (χ1) is 7.52. The zero-order chi connectivity index (χ0) is 12.3. The van der Waals surface area contributed by atoms with Gasteiger partial charge in [-0.2, -0.15) is 0 Å². The predicted molar refractivity (Wildman–Crippen MR) is 55.6 cm³/mol. The van der Waals surface area contributed by atoms with Crippen LogP contribution in [0.4, 0.5) is 4.39 Å². The number of halogens is 1. The molecule has 0 heterocycles. The van der Waals surface area contributed by atoms with Gasteiger partial charge in [0, 0.05) is 5.56 Å². The Hall–Kier alpha value is -1.78. The van der Waals surface area contributed by atoms with Crippen LogP contribution in [0.15, 0.2) is 12.1 Å². The smallest absolute Gasteiger partial charge is 0.310 e. The summed E-state index contributed by atoms with van der Waals surface area (Å²) in [5.74, 6) is -2.61. The molecular formula is C11H13FO4. The Balaban J connectivity index is 3.37. The van der Waals surface area contributed by atoms with E-state index in [2.05, 4.69) is 0 Å². The molecule has 0 spiro atoms. The predicted octanol–water partition coefficient (Wildman–Crippen LogP) is 2.03. The van der Waals surface area contributed by atoms with Crippen LogP contribution in [-0.4, -0.2) is 25.3 Å². The zero-order valence-corrected chi connectivity index (χ0v) is 9.28. The van der Waals surface area contributed by atoms with Gasteiger partial charge in [-0.3, -0.25) is 4.79 Å². The van der Waals surface area contributed by atoms with Crippen LogP contribution in [0, 0.1) is 5.82 Å². The van der Waals surface area contributed by atoms with Crippen molar-refractivity contribution in [3.63, 3.8) is 0 Å². The van der Waals surface area contributed by atoms with Crippen molar-refractivity contribution in [3.05, 3.63) is 23.5 Å². The van der Waals surface area contributed by atoms with E-state index in [1.807, 2.05) is 0 Å². The number of hydrogen-bond acceptors (Lipinski definition) is 3. The van der Waals surface area contributed by atoms with E-state index in [1.54, 1.807) is 0 Å². The van der Waals surface area contributed by atoms with Crippen LogP contribution in [0.1, 0.15) is 18.4 Å². The van der Waals surface area contributed by atoms with E-state index in [9.17, 15) is 9.18 Å². The second-order valence-electron chi connectivity index (χ2n) is 3.26. The summed E-state index contributed by atoms with van der Waals surface area (Å²) in [6.07, 6.45) is 0. The number of aliphatic carboxylic acids is 1. The first-order valence-corrected chi connectivity index (χ1v) is 4.66. The first kappa shape index (κ1) is 12.3. The number of ether oxygens (including phenoxy) is 2. The Morgan fingerprint density at radius 3 is 2.25 bits per heavy atom. The molecule has 0 aliphatic heterocycles. The van der Waals surface area contributed by atoms with E-state index in [0.29, 0.717) is 0 Å². The Morgan fingerprint density at radius 2 is 1.81 bits per heavy atom. The summed E-state index contributed by atoms with van der Waals surface area (Å²) in [4.78, 5) is 10.9. The number of carboxylic acid groups (broad SMARTS) is 1. The van der Waals surface area contributed by atoms with Crippen molar-refractivity contribution < 1.29 is 23.8 Å². The molecule has 0 aliphatic rings. The molecule has 88 valence electrons. The third-order valence-electron chi connectivity index (χ3n) is 2.35. The molecule has 1 atom stereocenters. The van der Waals surface area contributed by atoms with Crippen LogP contribution < -0.4 is 9.47 Å². The van der Waals surface area contributed by atoms with Crippen LogP contribution in [0.2, 0.25) is 0 Å². The zero-order valence-electron chi connectivity index (χ0n) is 9.28. The quantitative estimate of drug-likeness (QED) is 0.856. The first-order valence-electron chi connectivity index (χ1n) is 4.66. The Kier molecular flexibility index (Phi) is 3.71. The third-order valence-corrected chi connectivity index (χ3v) is 2.35. The number of benzene rings is 1. The fourth-order valence-electron chi connectivity index (χ4n) is 1.42. The van der Waals surface area contributed by atoms with Crippen molar-refractivity contribution in [2.45, 2.75) is 12.8 Å². The maximum atomic E-state index is 13.9. The second-order valence-corrected chi connectivity index (χ2v) is 3.26. The Morgan fingerprint density at radius 1 is 1.31 bits per heavy atom. The minimum atomic E-state index is -1.12. The normalized spacial score (nSPS) is 12.0. The summed E-state index contributed by atoms with van der Waals surface area (Å²) < 4.78 is 23.6. The van der Waals surface area contributed by atoms with Crippen molar-refractivity contribution in [2.75, 3.05) is 14.2 Å². The van der Waals surface area contributed by atoms with Gasteiger partial charge in [0.25, 0.3) is 0 Å². The van der Waals surface area contributed by atoms with Gasteiger partial charge in [-0.1, -0.05) is 0 Å². The standard InChI is InChI=1S/C11H13FO4/c1-6(11(13)14)9-7(15-2)4-5-8(16-3)10(9)12/h4-6H,1-3H3,(H,13,14). The lowest BCUT2D eigenvalue weighted by molar-refractivity contribution is -0.138. The van der Waals surface area contributed by atoms with Gasteiger partial charge in [0.2, 0.25) is 0 Å². The number of carbonyl (C=O) groups is 1. The maximum absolute atomic E-state index is 13.9. The molecule has 1 unspecified atom stereocenters. The largest absolute Gasteiger partial charge is 0.496 e. The number of rotatable bonds is 4. The molecule has 1 rings (SSSR count). The van der Waals surface area contributed by atoms with E-state index < -0.39 is 17.7 Å². The summed E-state index contributed by atoms with van der Waals surface area (Å²) in [5.41, 5.74) is -0.00523. The molecule has 0 fully saturated rings. The summed E-state index contributed by atoms with van der Waals surface area (Å²) in [5, 5.41) is 8.88. The molecular weight excluding hydrogens is 215 g/mol. The van der Waals surface area contributed by atoms with Crippen LogP contribution in [0.5, 0.6) is 11.5 Å². The molecule has 16 heavy (non-hydrogen) atoms. The Labute approximate surface area is 92.6 Å². The lowest BCUT2D eigenvalue weighted by atomic mass is 9.99. The molecule has 1 aromatic carbocycles. The number of methoxy groups -OCH3 is 2. The van der Waals surface area contributed by atoms with Crippen molar-refractivity contribution in [2.24, 2.45) is 0 Å². The van der Waals surface area contributed by atoms with Crippen LogP contribution in [0.3, 0.4) is 0 Å². The van der Waals surface area contributed by atoms with Gasteiger partial charge in [-0.05, 0) is 19.1 Å². The van der Waals surface area contributed by atoms with Crippen molar-refractivity contribution in [3.8, 4) is 11.5 Å². The molecule has 0 radical (unpaired) electrons. The van der Waals surface area contributed by atoms with Gasteiger partial charge in [-0.25, -0.2) is 4.39 Å². The fraction of sp³-hybridized carbons (Fsp3) is 0.364. The van der Waals surface area contributed by atoms with Gasteiger partial charge in [0.05, 0.1) is 20.1 Å². The summed E-state index contributed by atoms with van der Waals surface area (Å²) in [7, 11) is 2.68. The highest BCUT2D eigenvalue weighted by molar-refractivity contribution is 5.77. The van der Waals surface area contributed by atoms with Crippen molar-refractivity contribution in [1.29, 1.82) is 0 Å². The average Bonchev–Trinajstić information content (AvgIpc) is 2.27. The highest BCUT2D eigenvalue weighted by Crippen LogP contribution is 2.34.